The van der Waals surface area contributed by atoms with Gasteiger partial charge in [-0.25, -0.2) is 8.42 Å². The van der Waals surface area contributed by atoms with Crippen LogP contribution in [0.4, 0.5) is 0 Å². The third kappa shape index (κ3) is 5.10. The summed E-state index contributed by atoms with van der Waals surface area (Å²) in [6.45, 7) is 5.31. The fourth-order valence-electron chi connectivity index (χ4n) is 4.22. The van der Waals surface area contributed by atoms with Gasteiger partial charge in [0, 0.05) is 44.6 Å². The Labute approximate surface area is 173 Å². The third-order valence-electron chi connectivity index (χ3n) is 6.24. The molecule has 0 bridgehead atoms. The molecule has 29 heavy (non-hydrogen) atoms. The van der Waals surface area contributed by atoms with Crippen molar-refractivity contribution in [3.63, 3.8) is 0 Å². The minimum Gasteiger partial charge on any atom is -0.485 e. The highest BCUT2D eigenvalue weighted by Crippen LogP contribution is 2.36. The number of ether oxygens (including phenoxy) is 1. The quantitative estimate of drug-likeness (QED) is 0.780. The molecule has 8 heteroatoms. The average molecular weight is 422 g/mol. The van der Waals surface area contributed by atoms with Gasteiger partial charge in [-0.2, -0.15) is 4.31 Å². The summed E-state index contributed by atoms with van der Waals surface area (Å²) in [5, 5.41) is 3.02. The van der Waals surface area contributed by atoms with Crippen LogP contribution in [0.1, 0.15) is 36.8 Å². The maximum Gasteiger partial charge on any atom is 0.234 e. The molecule has 2 heterocycles. The molecule has 0 atom stereocenters. The normalized spacial score (nSPS) is 22.6. The van der Waals surface area contributed by atoms with E-state index in [9.17, 15) is 13.2 Å². The number of fused-ring (bicyclic) bond motifs is 1. The molecule has 4 rings (SSSR count). The van der Waals surface area contributed by atoms with Crippen LogP contribution in [0, 0.1) is 12.8 Å². The Kier molecular flexibility index (Phi) is 5.61. The van der Waals surface area contributed by atoms with Crippen LogP contribution >= 0.6 is 0 Å². The Morgan fingerprint density at radius 3 is 2.66 bits per heavy atom. The van der Waals surface area contributed by atoms with Gasteiger partial charge in [-0.3, -0.25) is 9.69 Å². The topological polar surface area (TPSA) is 79.0 Å². The lowest BCUT2D eigenvalue weighted by Gasteiger charge is -2.42. The summed E-state index contributed by atoms with van der Waals surface area (Å²) in [6, 6.07) is 5.96. The summed E-state index contributed by atoms with van der Waals surface area (Å²) in [5.74, 6) is 1.53. The number of sulfonamides is 1. The Bertz CT molecular complexity index is 874. The number of likely N-dealkylation sites (tertiary alicyclic amines) is 1. The SMILES string of the molecule is Cc1ccc2c(c1)CN(S(C)(=O)=O)CC1(CCN(CC(=O)NCC3CC3)CC1)O2. The first kappa shape index (κ1) is 20.6. The molecule has 1 aromatic carbocycles. The first-order valence-electron chi connectivity index (χ1n) is 10.5. The van der Waals surface area contributed by atoms with Crippen molar-refractivity contribution in [1.29, 1.82) is 0 Å². The predicted octanol–water partition coefficient (Wildman–Crippen LogP) is 1.51. The van der Waals surface area contributed by atoms with Gasteiger partial charge in [0.05, 0.1) is 19.3 Å². The van der Waals surface area contributed by atoms with Crippen LogP contribution in [0.2, 0.25) is 0 Å². The van der Waals surface area contributed by atoms with Gasteiger partial charge in [-0.1, -0.05) is 17.7 Å². The summed E-state index contributed by atoms with van der Waals surface area (Å²) in [5.41, 5.74) is 1.45. The fourth-order valence-corrected chi connectivity index (χ4v) is 5.06. The van der Waals surface area contributed by atoms with Crippen LogP contribution < -0.4 is 10.1 Å². The standard InChI is InChI=1S/C21H31N3O4S/c1-16-3-6-19-18(11-16)13-24(29(2,26)27)15-21(28-19)7-9-23(10-8-21)14-20(25)22-12-17-4-5-17/h3,6,11,17H,4-5,7-10,12-15H2,1-2H3,(H,22,25). The summed E-state index contributed by atoms with van der Waals surface area (Å²) in [7, 11) is -3.35. The Balaban J connectivity index is 1.45. The highest BCUT2D eigenvalue weighted by atomic mass is 32.2. The molecular weight excluding hydrogens is 390 g/mol. The largest absolute Gasteiger partial charge is 0.485 e. The highest BCUT2D eigenvalue weighted by molar-refractivity contribution is 7.88. The summed E-state index contributed by atoms with van der Waals surface area (Å²) in [4.78, 5) is 14.3. The zero-order chi connectivity index (χ0) is 20.6. The van der Waals surface area contributed by atoms with Gasteiger partial charge in [-0.15, -0.1) is 0 Å². The van der Waals surface area contributed by atoms with Crippen LogP contribution in [-0.2, 0) is 21.4 Å². The molecule has 160 valence electrons. The number of aryl methyl sites for hydroxylation is 1. The van der Waals surface area contributed by atoms with E-state index in [4.69, 9.17) is 4.74 Å². The Morgan fingerprint density at radius 1 is 1.28 bits per heavy atom. The van der Waals surface area contributed by atoms with Crippen LogP contribution in [0.15, 0.2) is 18.2 Å². The Morgan fingerprint density at radius 2 is 2.00 bits per heavy atom. The van der Waals surface area contributed by atoms with Gasteiger partial charge in [-0.05, 0) is 31.7 Å². The van der Waals surface area contributed by atoms with Gasteiger partial charge >= 0.3 is 0 Å². The number of amides is 1. The number of piperidine rings is 1. The number of benzene rings is 1. The number of rotatable bonds is 5. The maximum absolute atomic E-state index is 12.4. The second-order valence-corrected chi connectivity index (χ2v) is 10.9. The smallest absolute Gasteiger partial charge is 0.234 e. The van der Waals surface area contributed by atoms with Crippen molar-refractivity contribution in [3.05, 3.63) is 29.3 Å². The van der Waals surface area contributed by atoms with Crippen molar-refractivity contribution in [2.24, 2.45) is 5.92 Å². The molecule has 0 unspecified atom stereocenters. The van der Waals surface area contributed by atoms with Crippen molar-refractivity contribution >= 4 is 15.9 Å². The molecule has 0 radical (unpaired) electrons. The van der Waals surface area contributed by atoms with Crippen molar-refractivity contribution in [1.82, 2.24) is 14.5 Å². The van der Waals surface area contributed by atoms with E-state index in [0.29, 0.717) is 38.4 Å². The van der Waals surface area contributed by atoms with Gasteiger partial charge in [0.25, 0.3) is 0 Å². The van der Waals surface area contributed by atoms with Crippen LogP contribution in [-0.4, -0.2) is 68.1 Å². The number of hydrogen-bond donors (Lipinski definition) is 1. The second-order valence-electron chi connectivity index (χ2n) is 8.95. The molecule has 2 aliphatic heterocycles. The van der Waals surface area contributed by atoms with Crippen molar-refractivity contribution in [3.8, 4) is 5.75 Å². The zero-order valence-corrected chi connectivity index (χ0v) is 18.1. The minimum atomic E-state index is -3.35. The van der Waals surface area contributed by atoms with E-state index in [2.05, 4.69) is 10.2 Å². The van der Waals surface area contributed by atoms with Gasteiger partial charge in [0.15, 0.2) is 0 Å². The molecule has 1 N–H and O–H groups in total. The molecule has 1 aromatic rings. The van der Waals surface area contributed by atoms with E-state index in [1.54, 1.807) is 0 Å². The minimum absolute atomic E-state index is 0.0771. The number of nitrogens with zero attached hydrogens (tertiary/aromatic N) is 2. The van der Waals surface area contributed by atoms with E-state index >= 15 is 0 Å². The fraction of sp³-hybridized carbons (Fsp3) is 0.667. The lowest BCUT2D eigenvalue weighted by molar-refractivity contribution is -0.123. The van der Waals surface area contributed by atoms with E-state index in [-0.39, 0.29) is 5.91 Å². The average Bonchev–Trinajstić information content (AvgIpc) is 3.48. The zero-order valence-electron chi connectivity index (χ0n) is 17.3. The monoisotopic (exact) mass is 421 g/mol. The summed E-state index contributed by atoms with van der Waals surface area (Å²) >= 11 is 0. The number of carbonyl (C=O) groups excluding carboxylic acids is 1. The first-order valence-corrected chi connectivity index (χ1v) is 12.3. The van der Waals surface area contributed by atoms with Crippen LogP contribution in [0.25, 0.3) is 0 Å². The van der Waals surface area contributed by atoms with E-state index in [1.807, 2.05) is 25.1 Å². The summed E-state index contributed by atoms with van der Waals surface area (Å²) in [6.07, 6.45) is 5.11. The first-order chi connectivity index (χ1) is 13.7. The van der Waals surface area contributed by atoms with Crippen LogP contribution in [0.3, 0.4) is 0 Å². The molecule has 1 spiro atoms. The lowest BCUT2D eigenvalue weighted by atomic mass is 9.91. The molecule has 1 aliphatic carbocycles. The Hall–Kier alpha value is -1.64. The second kappa shape index (κ2) is 7.89. The van der Waals surface area contributed by atoms with E-state index in [0.717, 1.165) is 36.5 Å². The van der Waals surface area contributed by atoms with Crippen molar-refractivity contribution in [2.45, 2.75) is 44.8 Å². The highest BCUT2D eigenvalue weighted by Gasteiger charge is 2.43. The van der Waals surface area contributed by atoms with Gasteiger partial charge < -0.3 is 10.1 Å². The predicted molar refractivity (Wildman–Crippen MR) is 111 cm³/mol. The van der Waals surface area contributed by atoms with Crippen molar-refractivity contribution < 1.29 is 17.9 Å². The lowest BCUT2D eigenvalue weighted by Crippen LogP contribution is -2.55. The van der Waals surface area contributed by atoms with Crippen LogP contribution in [0.5, 0.6) is 5.75 Å². The molecule has 1 amide bonds. The van der Waals surface area contributed by atoms with Gasteiger partial charge in [0.1, 0.15) is 11.4 Å². The third-order valence-corrected chi connectivity index (χ3v) is 7.44. The molecule has 3 aliphatic rings. The summed E-state index contributed by atoms with van der Waals surface area (Å²) < 4.78 is 32.8. The maximum atomic E-state index is 12.4. The van der Waals surface area contributed by atoms with Gasteiger partial charge in [0.2, 0.25) is 15.9 Å². The molecular formula is C21H31N3O4S. The molecule has 1 saturated carbocycles. The molecule has 7 nitrogen and oxygen atoms in total. The number of nitrogens with one attached hydrogen (secondary N) is 1. The molecule has 0 aromatic heterocycles. The number of hydrogen-bond acceptors (Lipinski definition) is 5. The number of carbonyl (C=O) groups is 1. The van der Waals surface area contributed by atoms with E-state index in [1.165, 1.54) is 23.4 Å². The van der Waals surface area contributed by atoms with Crippen molar-refractivity contribution in [2.75, 3.05) is 39.0 Å². The molecule has 1 saturated heterocycles. The molecule has 2 fully saturated rings. The van der Waals surface area contributed by atoms with E-state index < -0.39 is 15.6 Å².